The first-order valence-corrected chi connectivity index (χ1v) is 9.27. The summed E-state index contributed by atoms with van der Waals surface area (Å²) in [6.45, 7) is 8.59. The normalized spacial score (nSPS) is 19.4. The molecule has 0 unspecified atom stereocenters. The van der Waals surface area contributed by atoms with E-state index in [2.05, 4.69) is 45.9 Å². The smallest absolute Gasteiger partial charge is 0.240 e. The van der Waals surface area contributed by atoms with Crippen molar-refractivity contribution in [1.82, 2.24) is 19.9 Å². The van der Waals surface area contributed by atoms with Gasteiger partial charge < -0.3 is 10.3 Å². The summed E-state index contributed by atoms with van der Waals surface area (Å²) in [5.74, 6) is 1.41. The largest absolute Gasteiger partial charge is 0.348 e. The molecule has 6 nitrogen and oxygen atoms in total. The van der Waals surface area contributed by atoms with Crippen molar-refractivity contribution in [1.29, 1.82) is 0 Å². The second kappa shape index (κ2) is 7.03. The number of hydrogen-bond donors (Lipinski definition) is 2. The van der Waals surface area contributed by atoms with Crippen molar-refractivity contribution in [2.45, 2.75) is 44.9 Å². The monoisotopic (exact) mass is 347 g/mol. The van der Waals surface area contributed by atoms with Crippen LogP contribution in [0.25, 0.3) is 0 Å². The molecule has 2 aromatic heterocycles. The number of amides is 1. The Kier molecular flexibility index (Phi) is 5.01. The number of nitrogens with one attached hydrogen (secondary N) is 2. The van der Waals surface area contributed by atoms with E-state index >= 15 is 0 Å². The van der Waals surface area contributed by atoms with Crippen molar-refractivity contribution in [3.05, 3.63) is 29.3 Å². The number of hydrogen-bond acceptors (Lipinski definition) is 5. The van der Waals surface area contributed by atoms with E-state index in [1.165, 1.54) is 11.3 Å². The SMILES string of the molecule is CC(C)(C)c1csc(NC(=O)CN2CCC[C@H](c3ncc[nH]3)C2)n1. The van der Waals surface area contributed by atoms with Gasteiger partial charge in [-0.25, -0.2) is 9.97 Å². The van der Waals surface area contributed by atoms with Gasteiger partial charge in [-0.15, -0.1) is 11.3 Å². The van der Waals surface area contributed by atoms with Crippen LogP contribution in [0.3, 0.4) is 0 Å². The first-order valence-electron chi connectivity index (χ1n) is 8.39. The minimum Gasteiger partial charge on any atom is -0.348 e. The van der Waals surface area contributed by atoms with Crippen molar-refractivity contribution in [2.24, 2.45) is 0 Å². The van der Waals surface area contributed by atoms with Crippen LogP contribution in [-0.4, -0.2) is 45.4 Å². The highest BCUT2D eigenvalue weighted by Crippen LogP contribution is 2.27. The quantitative estimate of drug-likeness (QED) is 0.892. The Hall–Kier alpha value is -1.73. The number of H-pyrrole nitrogens is 1. The third kappa shape index (κ3) is 4.21. The van der Waals surface area contributed by atoms with Crippen molar-refractivity contribution in [3.63, 3.8) is 0 Å². The van der Waals surface area contributed by atoms with Crippen LogP contribution in [0.1, 0.15) is 51.0 Å². The molecule has 1 aliphatic heterocycles. The summed E-state index contributed by atoms with van der Waals surface area (Å²) in [6, 6.07) is 0. The van der Waals surface area contributed by atoms with Crippen LogP contribution in [0.2, 0.25) is 0 Å². The first-order chi connectivity index (χ1) is 11.4. The average Bonchev–Trinajstić information content (AvgIpc) is 3.18. The Labute approximate surface area is 146 Å². The molecule has 2 aromatic rings. The van der Waals surface area contributed by atoms with Crippen LogP contribution < -0.4 is 5.32 Å². The van der Waals surface area contributed by atoms with Gasteiger partial charge in [0, 0.05) is 35.7 Å². The van der Waals surface area contributed by atoms with E-state index in [0.29, 0.717) is 17.6 Å². The lowest BCUT2D eigenvalue weighted by atomic mass is 9.93. The highest BCUT2D eigenvalue weighted by Gasteiger charge is 2.25. The maximum Gasteiger partial charge on any atom is 0.240 e. The molecule has 0 aliphatic carbocycles. The van der Waals surface area contributed by atoms with E-state index in [-0.39, 0.29) is 11.3 Å². The van der Waals surface area contributed by atoms with Crippen LogP contribution in [-0.2, 0) is 10.2 Å². The molecule has 3 rings (SSSR count). The fourth-order valence-electron chi connectivity index (χ4n) is 2.96. The Morgan fingerprint density at radius 3 is 3.00 bits per heavy atom. The Balaban J connectivity index is 1.54. The predicted octanol–water partition coefficient (Wildman–Crippen LogP) is 2.98. The van der Waals surface area contributed by atoms with E-state index < -0.39 is 0 Å². The number of carbonyl (C=O) groups is 1. The fourth-order valence-corrected chi connectivity index (χ4v) is 3.91. The molecule has 1 aliphatic rings. The van der Waals surface area contributed by atoms with Crippen LogP contribution in [0, 0.1) is 0 Å². The van der Waals surface area contributed by atoms with Gasteiger partial charge in [0.1, 0.15) is 5.82 Å². The molecule has 0 aromatic carbocycles. The van der Waals surface area contributed by atoms with Crippen molar-refractivity contribution >= 4 is 22.4 Å². The lowest BCUT2D eigenvalue weighted by Crippen LogP contribution is -2.40. The minimum atomic E-state index is 0.00259. The maximum atomic E-state index is 12.3. The summed E-state index contributed by atoms with van der Waals surface area (Å²) in [6.07, 6.45) is 5.85. The summed E-state index contributed by atoms with van der Waals surface area (Å²) >= 11 is 1.49. The molecule has 3 heterocycles. The number of aromatic amines is 1. The second-order valence-corrected chi connectivity index (χ2v) is 8.24. The molecule has 0 radical (unpaired) electrons. The molecule has 1 saturated heterocycles. The topological polar surface area (TPSA) is 73.9 Å². The van der Waals surface area contributed by atoms with Crippen LogP contribution >= 0.6 is 11.3 Å². The average molecular weight is 347 g/mol. The third-order valence-electron chi connectivity index (χ3n) is 4.30. The van der Waals surface area contributed by atoms with Gasteiger partial charge in [0.2, 0.25) is 5.91 Å². The molecule has 1 fully saturated rings. The molecule has 1 amide bonds. The number of anilines is 1. The van der Waals surface area contributed by atoms with Gasteiger partial charge in [0.05, 0.1) is 12.2 Å². The molecular formula is C17H25N5OS. The summed E-state index contributed by atoms with van der Waals surface area (Å²) < 4.78 is 0. The van der Waals surface area contributed by atoms with E-state index in [1.54, 1.807) is 6.20 Å². The van der Waals surface area contributed by atoms with E-state index in [4.69, 9.17) is 0 Å². The summed E-state index contributed by atoms with van der Waals surface area (Å²) in [5.41, 5.74) is 1.02. The fraction of sp³-hybridized carbons (Fsp3) is 0.588. The van der Waals surface area contributed by atoms with Crippen molar-refractivity contribution in [3.8, 4) is 0 Å². The van der Waals surface area contributed by atoms with Gasteiger partial charge in [-0.1, -0.05) is 20.8 Å². The number of thiazole rings is 1. The van der Waals surface area contributed by atoms with Crippen molar-refractivity contribution in [2.75, 3.05) is 25.0 Å². The van der Waals surface area contributed by atoms with Crippen LogP contribution in [0.5, 0.6) is 0 Å². The number of imidazole rings is 1. The highest BCUT2D eigenvalue weighted by molar-refractivity contribution is 7.13. The number of nitrogens with zero attached hydrogens (tertiary/aromatic N) is 3. The molecular weight excluding hydrogens is 322 g/mol. The zero-order chi connectivity index (χ0) is 17.2. The molecule has 0 spiro atoms. The van der Waals surface area contributed by atoms with Gasteiger partial charge in [-0.3, -0.25) is 9.69 Å². The third-order valence-corrected chi connectivity index (χ3v) is 5.06. The number of aromatic nitrogens is 3. The molecule has 2 N–H and O–H groups in total. The highest BCUT2D eigenvalue weighted by atomic mass is 32.1. The van der Waals surface area contributed by atoms with Gasteiger partial charge in [-0.2, -0.15) is 0 Å². The first kappa shape index (κ1) is 17.1. The Morgan fingerprint density at radius 1 is 1.50 bits per heavy atom. The number of likely N-dealkylation sites (tertiary alicyclic amines) is 1. The van der Waals surface area contributed by atoms with Gasteiger partial charge in [-0.05, 0) is 19.4 Å². The summed E-state index contributed by atoms with van der Waals surface area (Å²) in [4.78, 5) is 26.6. The number of carbonyl (C=O) groups excluding carboxylic acids is 1. The van der Waals surface area contributed by atoms with Gasteiger partial charge >= 0.3 is 0 Å². The zero-order valence-electron chi connectivity index (χ0n) is 14.5. The second-order valence-electron chi connectivity index (χ2n) is 7.38. The Morgan fingerprint density at radius 2 is 2.33 bits per heavy atom. The van der Waals surface area contributed by atoms with Crippen LogP contribution in [0.15, 0.2) is 17.8 Å². The number of rotatable bonds is 4. The Bertz CT molecular complexity index is 673. The molecule has 0 bridgehead atoms. The van der Waals surface area contributed by atoms with E-state index in [9.17, 15) is 4.79 Å². The molecule has 0 saturated carbocycles. The minimum absolute atomic E-state index is 0.00259. The molecule has 130 valence electrons. The van der Waals surface area contributed by atoms with E-state index in [1.807, 2.05) is 11.6 Å². The lowest BCUT2D eigenvalue weighted by molar-refractivity contribution is -0.117. The molecule has 24 heavy (non-hydrogen) atoms. The predicted molar refractivity (Wildman–Crippen MR) is 96.4 cm³/mol. The molecule has 7 heteroatoms. The van der Waals surface area contributed by atoms with Gasteiger partial charge in [0.15, 0.2) is 5.13 Å². The van der Waals surface area contributed by atoms with Gasteiger partial charge in [0.25, 0.3) is 0 Å². The van der Waals surface area contributed by atoms with E-state index in [0.717, 1.165) is 37.4 Å². The van der Waals surface area contributed by atoms with Crippen molar-refractivity contribution < 1.29 is 4.79 Å². The summed E-state index contributed by atoms with van der Waals surface area (Å²) in [7, 11) is 0. The zero-order valence-corrected chi connectivity index (χ0v) is 15.3. The number of piperidine rings is 1. The van der Waals surface area contributed by atoms with Crippen LogP contribution in [0.4, 0.5) is 5.13 Å². The lowest BCUT2D eigenvalue weighted by Gasteiger charge is -2.31. The maximum absolute atomic E-state index is 12.3. The standard InChI is InChI=1S/C17H25N5OS/c1-17(2,3)13-11-24-16(20-13)21-14(23)10-22-8-4-5-12(9-22)15-18-6-7-19-15/h6-7,11-12H,4-5,8-10H2,1-3H3,(H,18,19)(H,20,21,23)/t12-/m0/s1. The summed E-state index contributed by atoms with van der Waals surface area (Å²) in [5, 5.41) is 5.64. The molecule has 1 atom stereocenters.